The van der Waals surface area contributed by atoms with Gasteiger partial charge in [0.2, 0.25) is 10.0 Å². The average Bonchev–Trinajstić information content (AvgIpc) is 2.37. The van der Waals surface area contributed by atoms with E-state index in [1.807, 2.05) is 0 Å². The molecule has 2 rings (SSSR count). The van der Waals surface area contributed by atoms with Gasteiger partial charge in [-0.25, -0.2) is 12.8 Å². The highest BCUT2D eigenvalue weighted by Gasteiger charge is 2.20. The Kier molecular flexibility index (Phi) is 3.80. The van der Waals surface area contributed by atoms with Gasteiger partial charge in [0.15, 0.2) is 0 Å². The second kappa shape index (κ2) is 5.36. The van der Waals surface area contributed by atoms with Crippen LogP contribution in [0.3, 0.4) is 0 Å². The first-order valence-corrected chi connectivity index (χ1v) is 7.44. The number of halogens is 1. The molecule has 0 spiro atoms. The van der Waals surface area contributed by atoms with Gasteiger partial charge < -0.3 is 0 Å². The van der Waals surface area contributed by atoms with Gasteiger partial charge >= 0.3 is 0 Å². The Bertz CT molecular complexity index is 659. The van der Waals surface area contributed by atoms with Gasteiger partial charge in [-0.15, -0.1) is 0 Å². The molecule has 100 valence electrons. The van der Waals surface area contributed by atoms with Crippen molar-refractivity contribution in [1.29, 1.82) is 0 Å². The zero-order valence-electron chi connectivity index (χ0n) is 10.3. The molecular weight excluding hydrogens is 267 g/mol. The van der Waals surface area contributed by atoms with Crippen LogP contribution in [0.5, 0.6) is 0 Å². The van der Waals surface area contributed by atoms with Crippen molar-refractivity contribution >= 4 is 15.7 Å². The molecule has 2 aromatic rings. The maximum Gasteiger partial charge on any atom is 0.232 e. The third-order valence-corrected chi connectivity index (χ3v) is 3.70. The van der Waals surface area contributed by atoms with Crippen LogP contribution in [0.2, 0.25) is 0 Å². The highest BCUT2D eigenvalue weighted by molar-refractivity contribution is 7.92. The fourth-order valence-corrected chi connectivity index (χ4v) is 2.58. The predicted octanol–water partition coefficient (Wildman–Crippen LogP) is 2.19. The molecule has 0 bridgehead atoms. The van der Waals surface area contributed by atoms with E-state index in [-0.39, 0.29) is 12.2 Å². The third-order valence-electron chi connectivity index (χ3n) is 2.57. The number of hydrogen-bond donors (Lipinski definition) is 0. The molecule has 0 radical (unpaired) electrons. The highest BCUT2D eigenvalue weighted by atomic mass is 32.2. The molecule has 0 aliphatic heterocycles. The van der Waals surface area contributed by atoms with E-state index in [0.29, 0.717) is 5.56 Å². The van der Waals surface area contributed by atoms with Gasteiger partial charge in [0.05, 0.1) is 18.5 Å². The lowest BCUT2D eigenvalue weighted by atomic mass is 10.2. The van der Waals surface area contributed by atoms with Crippen LogP contribution in [-0.2, 0) is 16.6 Å². The number of nitrogens with zero attached hydrogens (tertiary/aromatic N) is 2. The Morgan fingerprint density at radius 2 is 1.95 bits per heavy atom. The Balaban J connectivity index is 2.41. The van der Waals surface area contributed by atoms with Crippen molar-refractivity contribution < 1.29 is 12.8 Å². The molecule has 0 atom stereocenters. The molecule has 0 aliphatic rings. The maximum atomic E-state index is 13.8. The summed E-state index contributed by atoms with van der Waals surface area (Å²) in [7, 11) is -3.57. The third kappa shape index (κ3) is 3.29. The number of para-hydroxylation sites is 1. The Morgan fingerprint density at radius 1 is 1.21 bits per heavy atom. The molecule has 1 heterocycles. The molecule has 0 amide bonds. The van der Waals surface area contributed by atoms with E-state index in [1.165, 1.54) is 18.2 Å². The standard InChI is InChI=1S/C13H13FN2O2S/c1-19(17,18)16(10-11-5-4-8-15-9-11)13-7-3-2-6-12(13)14/h2-9H,10H2,1H3. The van der Waals surface area contributed by atoms with Gasteiger partial charge in [-0.2, -0.15) is 0 Å². The summed E-state index contributed by atoms with van der Waals surface area (Å²) in [6.45, 7) is 0.0492. The topological polar surface area (TPSA) is 50.3 Å². The first kappa shape index (κ1) is 13.5. The highest BCUT2D eigenvalue weighted by Crippen LogP contribution is 2.23. The smallest absolute Gasteiger partial charge is 0.232 e. The van der Waals surface area contributed by atoms with Crippen LogP contribution < -0.4 is 4.31 Å². The molecule has 19 heavy (non-hydrogen) atoms. The van der Waals surface area contributed by atoms with E-state index in [2.05, 4.69) is 4.98 Å². The molecule has 0 aliphatic carbocycles. The number of hydrogen-bond acceptors (Lipinski definition) is 3. The zero-order chi connectivity index (χ0) is 13.9. The van der Waals surface area contributed by atoms with Crippen molar-refractivity contribution in [3.8, 4) is 0 Å². The van der Waals surface area contributed by atoms with Crippen molar-refractivity contribution in [2.45, 2.75) is 6.54 Å². The number of pyridine rings is 1. The number of rotatable bonds is 4. The van der Waals surface area contributed by atoms with E-state index >= 15 is 0 Å². The lowest BCUT2D eigenvalue weighted by Gasteiger charge is -2.22. The Labute approximate surface area is 111 Å². The monoisotopic (exact) mass is 280 g/mol. The Morgan fingerprint density at radius 3 is 2.53 bits per heavy atom. The molecule has 4 nitrogen and oxygen atoms in total. The van der Waals surface area contributed by atoms with Gasteiger partial charge in [0.25, 0.3) is 0 Å². The summed E-state index contributed by atoms with van der Waals surface area (Å²) in [5, 5.41) is 0. The molecule has 0 saturated carbocycles. The number of sulfonamides is 1. The summed E-state index contributed by atoms with van der Waals surface area (Å²) in [4.78, 5) is 3.92. The van der Waals surface area contributed by atoms with Crippen LogP contribution in [0.25, 0.3) is 0 Å². The number of aromatic nitrogens is 1. The van der Waals surface area contributed by atoms with Crippen LogP contribution in [0.15, 0.2) is 48.8 Å². The molecule has 1 aromatic heterocycles. The van der Waals surface area contributed by atoms with Crippen LogP contribution in [0.1, 0.15) is 5.56 Å². The van der Waals surface area contributed by atoms with E-state index in [9.17, 15) is 12.8 Å². The first-order chi connectivity index (χ1) is 8.98. The summed E-state index contributed by atoms with van der Waals surface area (Å²) in [5.41, 5.74) is 0.727. The van der Waals surface area contributed by atoms with Crippen LogP contribution in [0, 0.1) is 5.82 Å². The molecular formula is C13H13FN2O2S. The zero-order valence-corrected chi connectivity index (χ0v) is 11.1. The van der Waals surface area contributed by atoms with Crippen LogP contribution in [0.4, 0.5) is 10.1 Å². The lowest BCUT2D eigenvalue weighted by molar-refractivity contribution is 0.590. The minimum atomic E-state index is -3.57. The van der Waals surface area contributed by atoms with Gasteiger partial charge in [0, 0.05) is 12.4 Å². The fourth-order valence-electron chi connectivity index (χ4n) is 1.69. The summed E-state index contributed by atoms with van der Waals surface area (Å²) in [6.07, 6.45) is 4.20. The van der Waals surface area contributed by atoms with Gasteiger partial charge in [-0.3, -0.25) is 9.29 Å². The van der Waals surface area contributed by atoms with Crippen molar-refractivity contribution in [2.24, 2.45) is 0 Å². The van der Waals surface area contributed by atoms with Gasteiger partial charge in [-0.05, 0) is 23.8 Å². The van der Waals surface area contributed by atoms with Crippen LogP contribution in [-0.4, -0.2) is 19.7 Å². The molecule has 0 unspecified atom stereocenters. The summed E-state index contributed by atoms with van der Waals surface area (Å²) >= 11 is 0. The summed E-state index contributed by atoms with van der Waals surface area (Å²) in [6, 6.07) is 9.23. The van der Waals surface area contributed by atoms with Gasteiger partial charge in [0.1, 0.15) is 5.82 Å². The summed E-state index contributed by atoms with van der Waals surface area (Å²) in [5.74, 6) is -0.572. The van der Waals surface area contributed by atoms with E-state index in [0.717, 1.165) is 10.6 Å². The molecule has 0 fully saturated rings. The second-order valence-electron chi connectivity index (χ2n) is 4.08. The van der Waals surface area contributed by atoms with Gasteiger partial charge in [-0.1, -0.05) is 18.2 Å². The first-order valence-electron chi connectivity index (χ1n) is 5.59. The fraction of sp³-hybridized carbons (Fsp3) is 0.154. The number of benzene rings is 1. The van der Waals surface area contributed by atoms with Crippen molar-refractivity contribution in [3.63, 3.8) is 0 Å². The molecule has 0 N–H and O–H groups in total. The minimum Gasteiger partial charge on any atom is -0.264 e. The van der Waals surface area contributed by atoms with E-state index < -0.39 is 15.8 Å². The quantitative estimate of drug-likeness (QED) is 0.862. The maximum absolute atomic E-state index is 13.8. The SMILES string of the molecule is CS(=O)(=O)N(Cc1cccnc1)c1ccccc1F. The normalized spacial score (nSPS) is 11.3. The number of anilines is 1. The lowest BCUT2D eigenvalue weighted by Crippen LogP contribution is -2.30. The molecule has 1 aromatic carbocycles. The van der Waals surface area contributed by atoms with Crippen molar-refractivity contribution in [3.05, 3.63) is 60.2 Å². The Hall–Kier alpha value is -1.95. The minimum absolute atomic E-state index is 0.0360. The van der Waals surface area contributed by atoms with E-state index in [4.69, 9.17) is 0 Å². The second-order valence-corrected chi connectivity index (χ2v) is 5.99. The van der Waals surface area contributed by atoms with E-state index in [1.54, 1.807) is 30.6 Å². The molecule has 0 saturated heterocycles. The van der Waals surface area contributed by atoms with Crippen LogP contribution >= 0.6 is 0 Å². The average molecular weight is 280 g/mol. The predicted molar refractivity (Wildman–Crippen MR) is 71.7 cm³/mol. The van der Waals surface area contributed by atoms with Crippen molar-refractivity contribution in [1.82, 2.24) is 4.98 Å². The van der Waals surface area contributed by atoms with Crippen molar-refractivity contribution in [2.75, 3.05) is 10.6 Å². The summed E-state index contributed by atoms with van der Waals surface area (Å²) < 4.78 is 38.4. The largest absolute Gasteiger partial charge is 0.264 e. The molecule has 6 heteroatoms.